The molecule has 3 aliphatic rings. The van der Waals surface area contributed by atoms with Crippen LogP contribution in [-0.2, 0) is 6.18 Å². The molecule has 2 bridgehead atoms. The third-order valence-corrected chi connectivity index (χ3v) is 6.74. The molecule has 2 aliphatic heterocycles. The highest BCUT2D eigenvalue weighted by Gasteiger charge is 2.50. The van der Waals surface area contributed by atoms with E-state index in [1.807, 2.05) is 6.92 Å². The Morgan fingerprint density at radius 3 is 2.53 bits per heavy atom. The third-order valence-electron chi connectivity index (χ3n) is 6.74. The lowest BCUT2D eigenvalue weighted by Crippen LogP contribution is -2.64. The van der Waals surface area contributed by atoms with Crippen LogP contribution in [-0.4, -0.2) is 54.4 Å². The van der Waals surface area contributed by atoms with Crippen molar-refractivity contribution >= 4 is 11.7 Å². The van der Waals surface area contributed by atoms with Crippen LogP contribution in [0.4, 0.5) is 23.4 Å². The SMILES string of the molecule is C[C@H]1C2CC(C2)N(C(=O)c2cc(F)ccc2-n2nccn2)[C@H]1CNc1cnc(C(F)(F)F)cn1. The molecule has 3 aromatic rings. The predicted molar refractivity (Wildman–Crippen MR) is 112 cm³/mol. The summed E-state index contributed by atoms with van der Waals surface area (Å²) in [4.78, 5) is 24.0. The number of carbonyl (C=O) groups is 1. The zero-order valence-corrected chi connectivity index (χ0v) is 18.1. The number of nitrogens with one attached hydrogen (secondary N) is 1. The first-order valence-corrected chi connectivity index (χ1v) is 10.8. The smallest absolute Gasteiger partial charge is 0.367 e. The number of hydrogen-bond acceptors (Lipinski definition) is 6. The fraction of sp³-hybridized carbons (Fsp3) is 0.409. The first kappa shape index (κ1) is 22.2. The summed E-state index contributed by atoms with van der Waals surface area (Å²) in [5, 5.41) is 11.2. The Balaban J connectivity index is 1.40. The molecule has 1 amide bonds. The van der Waals surface area contributed by atoms with Gasteiger partial charge in [-0.1, -0.05) is 6.92 Å². The minimum atomic E-state index is -4.57. The maximum absolute atomic E-state index is 14.2. The molecule has 0 spiro atoms. The topological polar surface area (TPSA) is 88.8 Å². The quantitative estimate of drug-likeness (QED) is 0.568. The molecule has 0 radical (unpaired) electrons. The highest BCUT2D eigenvalue weighted by Crippen LogP contribution is 2.47. The van der Waals surface area contributed by atoms with E-state index in [9.17, 15) is 22.4 Å². The van der Waals surface area contributed by atoms with Gasteiger partial charge in [-0.25, -0.2) is 14.4 Å². The molecule has 2 atom stereocenters. The number of fused-ring (bicyclic) bond motifs is 2. The van der Waals surface area contributed by atoms with E-state index in [0.29, 0.717) is 17.8 Å². The van der Waals surface area contributed by atoms with Crippen molar-refractivity contribution < 1.29 is 22.4 Å². The van der Waals surface area contributed by atoms with Gasteiger partial charge in [0, 0.05) is 12.6 Å². The monoisotopic (exact) mass is 475 g/mol. The van der Waals surface area contributed by atoms with E-state index in [4.69, 9.17) is 0 Å². The van der Waals surface area contributed by atoms with Crippen molar-refractivity contribution in [1.29, 1.82) is 0 Å². The molecule has 178 valence electrons. The Bertz CT molecular complexity index is 1180. The van der Waals surface area contributed by atoms with Gasteiger partial charge in [0.2, 0.25) is 0 Å². The zero-order chi connectivity index (χ0) is 24.0. The summed E-state index contributed by atoms with van der Waals surface area (Å²) in [7, 11) is 0. The second-order valence-electron chi connectivity index (χ2n) is 8.67. The molecule has 34 heavy (non-hydrogen) atoms. The van der Waals surface area contributed by atoms with Crippen molar-refractivity contribution in [2.24, 2.45) is 11.8 Å². The lowest BCUT2D eigenvalue weighted by Gasteiger charge is -2.57. The van der Waals surface area contributed by atoms with Crippen LogP contribution in [0.1, 0.15) is 35.8 Å². The maximum atomic E-state index is 14.2. The van der Waals surface area contributed by atoms with Crippen molar-refractivity contribution in [1.82, 2.24) is 29.9 Å². The largest absolute Gasteiger partial charge is 0.434 e. The van der Waals surface area contributed by atoms with Crippen LogP contribution in [0.2, 0.25) is 0 Å². The number of amides is 1. The first-order valence-electron chi connectivity index (χ1n) is 10.8. The van der Waals surface area contributed by atoms with Gasteiger partial charge < -0.3 is 10.2 Å². The summed E-state index contributed by atoms with van der Waals surface area (Å²) < 4.78 is 52.4. The molecule has 1 saturated carbocycles. The predicted octanol–water partition coefficient (Wildman–Crippen LogP) is 3.57. The van der Waals surface area contributed by atoms with Crippen molar-refractivity contribution in [2.75, 3.05) is 11.9 Å². The van der Waals surface area contributed by atoms with Gasteiger partial charge in [-0.05, 0) is 42.9 Å². The molecular formula is C22H21F4N7O. The summed E-state index contributed by atoms with van der Waals surface area (Å²) >= 11 is 0. The fourth-order valence-corrected chi connectivity index (χ4v) is 4.83. The Kier molecular flexibility index (Phi) is 5.45. The summed E-state index contributed by atoms with van der Waals surface area (Å²) in [5.74, 6) is -0.139. The Morgan fingerprint density at radius 1 is 1.15 bits per heavy atom. The summed E-state index contributed by atoms with van der Waals surface area (Å²) in [6.07, 6.45) is 1.77. The number of halogens is 4. The second kappa shape index (κ2) is 8.33. The van der Waals surface area contributed by atoms with E-state index >= 15 is 0 Å². The Labute approximate surface area is 192 Å². The van der Waals surface area contributed by atoms with Gasteiger partial charge in [-0.15, -0.1) is 0 Å². The number of aromatic nitrogens is 5. The van der Waals surface area contributed by atoms with Gasteiger partial charge in [-0.3, -0.25) is 4.79 Å². The molecule has 2 aromatic heterocycles. The van der Waals surface area contributed by atoms with Gasteiger partial charge in [0.25, 0.3) is 5.91 Å². The van der Waals surface area contributed by atoms with Crippen LogP contribution in [0.5, 0.6) is 0 Å². The number of alkyl halides is 3. The molecule has 4 heterocycles. The van der Waals surface area contributed by atoms with Gasteiger partial charge in [-0.2, -0.15) is 28.2 Å². The summed E-state index contributed by atoms with van der Waals surface area (Å²) in [5.41, 5.74) is -0.563. The molecular weight excluding hydrogens is 454 g/mol. The van der Waals surface area contributed by atoms with E-state index in [2.05, 4.69) is 25.5 Å². The van der Waals surface area contributed by atoms with Crippen LogP contribution in [0.15, 0.2) is 43.0 Å². The van der Waals surface area contributed by atoms with Crippen LogP contribution in [0, 0.1) is 17.7 Å². The highest BCUT2D eigenvalue weighted by molar-refractivity contribution is 5.98. The third kappa shape index (κ3) is 3.97. The molecule has 6 rings (SSSR count). The second-order valence-corrected chi connectivity index (χ2v) is 8.67. The molecule has 8 nitrogen and oxygen atoms in total. The van der Waals surface area contributed by atoms with Gasteiger partial charge >= 0.3 is 6.18 Å². The molecule has 2 saturated heterocycles. The van der Waals surface area contributed by atoms with E-state index < -0.39 is 17.7 Å². The number of anilines is 1. The molecule has 1 aromatic carbocycles. The minimum Gasteiger partial charge on any atom is -0.367 e. The van der Waals surface area contributed by atoms with E-state index in [1.165, 1.54) is 35.4 Å². The van der Waals surface area contributed by atoms with Crippen molar-refractivity contribution in [2.45, 2.75) is 38.0 Å². The number of hydrogen-bond donors (Lipinski definition) is 1. The Hall–Kier alpha value is -3.57. The van der Waals surface area contributed by atoms with E-state index in [0.717, 1.165) is 19.0 Å². The maximum Gasteiger partial charge on any atom is 0.434 e. The number of rotatable bonds is 5. The molecule has 1 N–H and O–H groups in total. The van der Waals surface area contributed by atoms with E-state index in [1.54, 1.807) is 4.90 Å². The fourth-order valence-electron chi connectivity index (χ4n) is 4.83. The minimum absolute atomic E-state index is 0.000822. The lowest BCUT2D eigenvalue weighted by atomic mass is 9.64. The standard InChI is InChI=1S/C22H21F4N7O/c1-12-13-6-15(7-13)32(18(12)9-28-20-11-27-19(10-29-20)22(24,25)26)21(34)16-8-14(23)2-3-17(16)33-30-4-5-31-33/h2-5,8,10-13,15,18H,6-7,9H2,1H3,(H,28,29)/t12-,13?,15?,18-/m0/s1. The number of piperidine rings is 2. The van der Waals surface area contributed by atoms with Crippen LogP contribution < -0.4 is 5.32 Å². The van der Waals surface area contributed by atoms with Crippen molar-refractivity contribution in [3.05, 3.63) is 60.1 Å². The highest BCUT2D eigenvalue weighted by atomic mass is 19.4. The van der Waals surface area contributed by atoms with Crippen LogP contribution in [0.3, 0.4) is 0 Å². The number of benzene rings is 1. The van der Waals surface area contributed by atoms with Gasteiger partial charge in [0.15, 0.2) is 5.69 Å². The molecule has 1 aliphatic carbocycles. The molecule has 12 heteroatoms. The Morgan fingerprint density at radius 2 is 1.88 bits per heavy atom. The van der Waals surface area contributed by atoms with E-state index in [-0.39, 0.29) is 41.8 Å². The average molecular weight is 475 g/mol. The molecule has 0 unspecified atom stereocenters. The number of carbonyl (C=O) groups excluding carboxylic acids is 1. The molecule has 3 fully saturated rings. The first-order chi connectivity index (χ1) is 16.2. The van der Waals surface area contributed by atoms with Crippen LogP contribution >= 0.6 is 0 Å². The van der Waals surface area contributed by atoms with Crippen molar-refractivity contribution in [3.63, 3.8) is 0 Å². The normalized spacial score (nSPS) is 24.0. The average Bonchev–Trinajstić information content (AvgIpc) is 3.31. The van der Waals surface area contributed by atoms with Crippen LogP contribution in [0.25, 0.3) is 5.69 Å². The summed E-state index contributed by atoms with van der Waals surface area (Å²) in [6, 6.07) is 3.62. The van der Waals surface area contributed by atoms with Gasteiger partial charge in [0.05, 0.1) is 42.1 Å². The lowest BCUT2D eigenvalue weighted by molar-refractivity contribution is -0.141. The van der Waals surface area contributed by atoms with Crippen molar-refractivity contribution in [3.8, 4) is 5.69 Å². The zero-order valence-electron chi connectivity index (χ0n) is 18.1. The number of nitrogens with zero attached hydrogens (tertiary/aromatic N) is 6. The summed E-state index contributed by atoms with van der Waals surface area (Å²) in [6.45, 7) is 2.32. The van der Waals surface area contributed by atoms with Gasteiger partial charge in [0.1, 0.15) is 11.6 Å².